The molecule has 0 aliphatic carbocycles. The van der Waals surface area contributed by atoms with Gasteiger partial charge in [0.15, 0.2) is 11.5 Å². The molecule has 2 aromatic rings. The molecule has 0 unspecified atom stereocenters. The number of benzene rings is 2. The van der Waals surface area contributed by atoms with E-state index in [0.29, 0.717) is 34.9 Å². The Hall–Kier alpha value is -3.64. The number of methoxy groups -OCH3 is 2. The third-order valence-corrected chi connectivity index (χ3v) is 6.48. The molecule has 214 valence electrons. The SMILES string of the molecule is CCOC(=O)N1c2cc(OC)c(OC)cc2[C@H](N(C)C(=O)Cc2cc(C(F)(F)F)cc(C(F)(F)F)c2)C[C@@H]1C. The summed E-state index contributed by atoms with van der Waals surface area (Å²) in [6.07, 6.45) is -11.2. The van der Waals surface area contributed by atoms with Crippen LogP contribution in [0.1, 0.15) is 48.6 Å². The van der Waals surface area contributed by atoms with Gasteiger partial charge in [0.1, 0.15) is 0 Å². The Bertz CT molecular complexity index is 1200. The van der Waals surface area contributed by atoms with E-state index in [1.807, 2.05) is 0 Å². The molecule has 1 aliphatic heterocycles. The number of likely N-dealkylation sites (N-methyl/N-ethyl adjacent to an activating group) is 1. The van der Waals surface area contributed by atoms with Gasteiger partial charge < -0.3 is 19.1 Å². The lowest BCUT2D eigenvalue weighted by Gasteiger charge is -2.42. The van der Waals surface area contributed by atoms with Gasteiger partial charge in [0.05, 0.1) is 50.1 Å². The molecule has 39 heavy (non-hydrogen) atoms. The van der Waals surface area contributed by atoms with Crippen molar-refractivity contribution in [2.45, 2.75) is 51.1 Å². The molecule has 2 atom stereocenters. The Morgan fingerprint density at radius 3 is 1.97 bits per heavy atom. The first kappa shape index (κ1) is 29.9. The van der Waals surface area contributed by atoms with Crippen molar-refractivity contribution in [3.05, 3.63) is 52.6 Å². The van der Waals surface area contributed by atoms with Gasteiger partial charge in [-0.3, -0.25) is 9.69 Å². The number of rotatable bonds is 6. The highest BCUT2D eigenvalue weighted by atomic mass is 19.4. The fraction of sp³-hybridized carbons (Fsp3) is 0.462. The number of hydrogen-bond donors (Lipinski definition) is 0. The van der Waals surface area contributed by atoms with Gasteiger partial charge in [-0.1, -0.05) is 0 Å². The summed E-state index contributed by atoms with van der Waals surface area (Å²) < 4.78 is 95.7. The molecule has 0 aromatic heterocycles. The van der Waals surface area contributed by atoms with Crippen LogP contribution in [0.4, 0.5) is 36.8 Å². The molecule has 2 aromatic carbocycles. The molecule has 0 fully saturated rings. The minimum Gasteiger partial charge on any atom is -0.493 e. The summed E-state index contributed by atoms with van der Waals surface area (Å²) in [6.45, 7) is 3.49. The van der Waals surface area contributed by atoms with Crippen molar-refractivity contribution in [3.8, 4) is 11.5 Å². The van der Waals surface area contributed by atoms with Crippen LogP contribution >= 0.6 is 0 Å². The number of hydrogen-bond acceptors (Lipinski definition) is 5. The summed E-state index contributed by atoms with van der Waals surface area (Å²) in [5.41, 5.74) is -2.59. The minimum absolute atomic E-state index is 0.0143. The predicted molar refractivity (Wildman–Crippen MR) is 129 cm³/mol. The van der Waals surface area contributed by atoms with E-state index < -0.39 is 59.5 Å². The van der Waals surface area contributed by atoms with Gasteiger partial charge >= 0.3 is 18.4 Å². The average molecular weight is 563 g/mol. The van der Waals surface area contributed by atoms with Crippen molar-refractivity contribution in [3.63, 3.8) is 0 Å². The maximum absolute atomic E-state index is 13.3. The Balaban J connectivity index is 2.03. The summed E-state index contributed by atoms with van der Waals surface area (Å²) in [6, 6.07) is 3.03. The lowest BCUT2D eigenvalue weighted by atomic mass is 9.90. The zero-order valence-corrected chi connectivity index (χ0v) is 21.9. The first-order valence-corrected chi connectivity index (χ1v) is 11.9. The van der Waals surface area contributed by atoms with Crippen molar-refractivity contribution in [1.29, 1.82) is 0 Å². The number of ether oxygens (including phenoxy) is 3. The number of carbonyl (C=O) groups is 2. The fourth-order valence-electron chi connectivity index (χ4n) is 4.58. The van der Waals surface area contributed by atoms with Crippen LogP contribution < -0.4 is 14.4 Å². The van der Waals surface area contributed by atoms with Crippen LogP contribution in [0.5, 0.6) is 11.5 Å². The van der Waals surface area contributed by atoms with Crippen LogP contribution in [0.3, 0.4) is 0 Å². The zero-order chi connectivity index (χ0) is 29.3. The first-order chi connectivity index (χ1) is 18.1. The Kier molecular flexibility index (Phi) is 8.61. The maximum atomic E-state index is 13.3. The van der Waals surface area contributed by atoms with E-state index in [1.54, 1.807) is 26.0 Å². The van der Waals surface area contributed by atoms with E-state index in [9.17, 15) is 35.9 Å². The van der Waals surface area contributed by atoms with Crippen LogP contribution in [0, 0.1) is 0 Å². The molecule has 0 spiro atoms. The molecule has 2 amide bonds. The second kappa shape index (κ2) is 11.2. The second-order valence-corrected chi connectivity index (χ2v) is 9.03. The highest BCUT2D eigenvalue weighted by Gasteiger charge is 2.40. The third kappa shape index (κ3) is 6.34. The number of nitrogens with zero attached hydrogens (tertiary/aromatic N) is 2. The number of fused-ring (bicyclic) bond motifs is 1. The van der Waals surface area contributed by atoms with Crippen molar-refractivity contribution in [2.75, 3.05) is 32.8 Å². The monoisotopic (exact) mass is 562 g/mol. The van der Waals surface area contributed by atoms with Crippen molar-refractivity contribution < 1.29 is 50.1 Å². The Labute approximate surface area is 221 Å². The topological polar surface area (TPSA) is 68.3 Å². The molecule has 0 N–H and O–H groups in total. The summed E-state index contributed by atoms with van der Waals surface area (Å²) in [5, 5.41) is 0. The lowest BCUT2D eigenvalue weighted by Crippen LogP contribution is -2.47. The van der Waals surface area contributed by atoms with E-state index in [0.717, 1.165) is 0 Å². The van der Waals surface area contributed by atoms with Crippen LogP contribution in [0.15, 0.2) is 30.3 Å². The number of anilines is 1. The lowest BCUT2D eigenvalue weighted by molar-refractivity contribution is -0.143. The smallest absolute Gasteiger partial charge is 0.416 e. The van der Waals surface area contributed by atoms with Crippen molar-refractivity contribution in [2.24, 2.45) is 0 Å². The van der Waals surface area contributed by atoms with Gasteiger partial charge in [-0.25, -0.2) is 4.79 Å². The molecule has 1 aliphatic rings. The fourth-order valence-corrected chi connectivity index (χ4v) is 4.58. The van der Waals surface area contributed by atoms with Gasteiger partial charge in [0, 0.05) is 24.7 Å². The minimum atomic E-state index is -5.03. The van der Waals surface area contributed by atoms with Crippen molar-refractivity contribution >= 4 is 17.7 Å². The zero-order valence-electron chi connectivity index (χ0n) is 21.9. The van der Waals surface area contributed by atoms with Crippen molar-refractivity contribution in [1.82, 2.24) is 4.90 Å². The van der Waals surface area contributed by atoms with Crippen LogP contribution in [-0.2, 0) is 28.3 Å². The third-order valence-electron chi connectivity index (χ3n) is 6.48. The number of carbonyl (C=O) groups excluding carboxylic acids is 2. The number of halogens is 6. The van der Waals surface area contributed by atoms with E-state index in [2.05, 4.69) is 0 Å². The number of amides is 2. The van der Waals surface area contributed by atoms with Gasteiger partial charge in [0.2, 0.25) is 5.91 Å². The highest BCUT2D eigenvalue weighted by Crippen LogP contribution is 2.46. The first-order valence-electron chi connectivity index (χ1n) is 11.9. The van der Waals surface area contributed by atoms with E-state index in [-0.39, 0.29) is 19.1 Å². The standard InChI is InChI=1S/C26H28F6N2O5/c1-6-39-24(36)34-14(2)7-19(18-12-21(37-4)22(38-5)13-20(18)34)33(3)23(35)10-15-8-16(25(27,28)29)11-17(9-15)26(30,31)32/h8-9,11-14,19H,6-7,10H2,1-5H3/t14-,19+/m0/s1. The molecule has 0 radical (unpaired) electrons. The predicted octanol–water partition coefficient (Wildman–Crippen LogP) is 6.24. The average Bonchev–Trinajstić information content (AvgIpc) is 2.85. The molecular formula is C26H28F6N2O5. The molecular weight excluding hydrogens is 534 g/mol. The van der Waals surface area contributed by atoms with Crippen LogP contribution in [0.2, 0.25) is 0 Å². The van der Waals surface area contributed by atoms with Gasteiger partial charge in [-0.15, -0.1) is 0 Å². The molecule has 13 heteroatoms. The van der Waals surface area contributed by atoms with E-state index in [4.69, 9.17) is 14.2 Å². The van der Waals surface area contributed by atoms with Crippen LogP contribution in [0.25, 0.3) is 0 Å². The Morgan fingerprint density at radius 1 is 0.949 bits per heavy atom. The molecule has 0 saturated carbocycles. The molecule has 1 heterocycles. The summed E-state index contributed by atoms with van der Waals surface area (Å²) in [7, 11) is 4.20. The highest BCUT2D eigenvalue weighted by molar-refractivity contribution is 5.91. The molecule has 7 nitrogen and oxygen atoms in total. The largest absolute Gasteiger partial charge is 0.493 e. The molecule has 0 saturated heterocycles. The normalized spacial score (nSPS) is 17.4. The molecule has 3 rings (SSSR count). The Morgan fingerprint density at radius 2 is 1.49 bits per heavy atom. The number of alkyl halides is 6. The van der Waals surface area contributed by atoms with Gasteiger partial charge in [-0.2, -0.15) is 26.3 Å². The van der Waals surface area contributed by atoms with Crippen LogP contribution in [-0.4, -0.2) is 50.8 Å². The quantitative estimate of drug-likeness (QED) is 0.390. The summed E-state index contributed by atoms with van der Waals surface area (Å²) in [5.74, 6) is -0.117. The second-order valence-electron chi connectivity index (χ2n) is 9.03. The van der Waals surface area contributed by atoms with E-state index in [1.165, 1.54) is 31.1 Å². The van der Waals surface area contributed by atoms with Gasteiger partial charge in [0.25, 0.3) is 0 Å². The molecule has 0 bridgehead atoms. The summed E-state index contributed by atoms with van der Waals surface area (Å²) in [4.78, 5) is 28.7. The van der Waals surface area contributed by atoms with E-state index >= 15 is 0 Å². The maximum Gasteiger partial charge on any atom is 0.416 e. The van der Waals surface area contributed by atoms with Gasteiger partial charge in [-0.05, 0) is 50.1 Å². The summed E-state index contributed by atoms with van der Waals surface area (Å²) >= 11 is 0.